The van der Waals surface area contributed by atoms with Crippen LogP contribution in [0, 0.1) is 0 Å². The summed E-state index contributed by atoms with van der Waals surface area (Å²) < 4.78 is 2.30. The van der Waals surface area contributed by atoms with Gasteiger partial charge in [-0.2, -0.15) is 0 Å². The highest BCUT2D eigenvalue weighted by molar-refractivity contribution is 9.13. The van der Waals surface area contributed by atoms with Crippen LogP contribution in [0.2, 0.25) is 0 Å². The Labute approximate surface area is 111 Å². The summed E-state index contributed by atoms with van der Waals surface area (Å²) in [5, 5.41) is 3.51. The first-order chi connectivity index (χ1) is 7.15. The standard InChI is InChI=1S/C11H13Br2NS/c1-7(6-14-8-2-3-8)4-9-5-10(12)11(13)15-9/h4-5,8,14H,2-3,6H2,1H3. The highest BCUT2D eigenvalue weighted by atomic mass is 79.9. The Morgan fingerprint density at radius 3 is 2.87 bits per heavy atom. The molecule has 1 fully saturated rings. The van der Waals surface area contributed by atoms with Crippen LogP contribution in [0.15, 0.2) is 19.9 Å². The second-order valence-electron chi connectivity index (χ2n) is 3.92. The molecule has 2 rings (SSSR count). The van der Waals surface area contributed by atoms with E-state index in [1.54, 1.807) is 11.3 Å². The molecular weight excluding hydrogens is 338 g/mol. The lowest BCUT2D eigenvalue weighted by molar-refractivity contribution is 0.736. The first kappa shape index (κ1) is 11.8. The zero-order chi connectivity index (χ0) is 10.8. The van der Waals surface area contributed by atoms with E-state index >= 15 is 0 Å². The fourth-order valence-corrected chi connectivity index (χ4v) is 3.44. The number of hydrogen-bond acceptors (Lipinski definition) is 2. The van der Waals surface area contributed by atoms with Crippen LogP contribution in [0.4, 0.5) is 0 Å². The first-order valence-electron chi connectivity index (χ1n) is 5.00. The molecule has 1 aromatic heterocycles. The molecule has 0 amide bonds. The molecule has 1 aromatic rings. The van der Waals surface area contributed by atoms with Gasteiger partial charge in [-0.3, -0.25) is 0 Å². The van der Waals surface area contributed by atoms with Gasteiger partial charge in [0.25, 0.3) is 0 Å². The Morgan fingerprint density at radius 1 is 1.60 bits per heavy atom. The van der Waals surface area contributed by atoms with Crippen LogP contribution in [0.25, 0.3) is 6.08 Å². The zero-order valence-electron chi connectivity index (χ0n) is 8.52. The lowest BCUT2D eigenvalue weighted by Gasteiger charge is -2.01. The van der Waals surface area contributed by atoms with Crippen molar-refractivity contribution in [3.63, 3.8) is 0 Å². The van der Waals surface area contributed by atoms with E-state index < -0.39 is 0 Å². The predicted molar refractivity (Wildman–Crippen MR) is 74.4 cm³/mol. The van der Waals surface area contributed by atoms with E-state index in [0.717, 1.165) is 20.8 Å². The number of hydrogen-bond donors (Lipinski definition) is 1. The maximum atomic E-state index is 3.51. The average molecular weight is 351 g/mol. The zero-order valence-corrected chi connectivity index (χ0v) is 12.5. The van der Waals surface area contributed by atoms with Crippen molar-refractivity contribution in [1.29, 1.82) is 0 Å². The molecule has 0 atom stereocenters. The fourth-order valence-electron chi connectivity index (χ4n) is 1.32. The van der Waals surface area contributed by atoms with Crippen LogP contribution < -0.4 is 5.32 Å². The van der Waals surface area contributed by atoms with E-state index in [2.05, 4.69) is 56.2 Å². The molecule has 0 radical (unpaired) electrons. The van der Waals surface area contributed by atoms with Crippen molar-refractivity contribution in [2.24, 2.45) is 0 Å². The highest BCUT2D eigenvalue weighted by Crippen LogP contribution is 2.33. The van der Waals surface area contributed by atoms with Crippen molar-refractivity contribution < 1.29 is 0 Å². The molecule has 0 spiro atoms. The van der Waals surface area contributed by atoms with E-state index in [1.807, 2.05) is 0 Å². The predicted octanol–water partition coefficient (Wildman–Crippen LogP) is 4.43. The maximum absolute atomic E-state index is 3.51. The summed E-state index contributed by atoms with van der Waals surface area (Å²) in [7, 11) is 0. The van der Waals surface area contributed by atoms with Crippen molar-refractivity contribution >= 4 is 49.3 Å². The lowest BCUT2D eigenvalue weighted by Crippen LogP contribution is -2.18. The summed E-state index contributed by atoms with van der Waals surface area (Å²) in [6.45, 7) is 3.19. The topological polar surface area (TPSA) is 12.0 Å². The van der Waals surface area contributed by atoms with Crippen molar-refractivity contribution in [1.82, 2.24) is 5.32 Å². The molecule has 0 saturated heterocycles. The molecule has 0 aliphatic heterocycles. The molecule has 1 aliphatic rings. The third-order valence-electron chi connectivity index (χ3n) is 2.30. The quantitative estimate of drug-likeness (QED) is 0.847. The van der Waals surface area contributed by atoms with Crippen LogP contribution in [0.5, 0.6) is 0 Å². The van der Waals surface area contributed by atoms with E-state index in [4.69, 9.17) is 0 Å². The van der Waals surface area contributed by atoms with Gasteiger partial charge in [-0.15, -0.1) is 11.3 Å². The number of thiophene rings is 1. The molecule has 15 heavy (non-hydrogen) atoms. The SMILES string of the molecule is CC(=Cc1cc(Br)c(Br)s1)CNC1CC1. The minimum atomic E-state index is 0.787. The Balaban J connectivity index is 1.94. The van der Waals surface area contributed by atoms with Crippen molar-refractivity contribution in [3.05, 3.63) is 24.8 Å². The van der Waals surface area contributed by atoms with Crippen molar-refractivity contribution in [3.8, 4) is 0 Å². The van der Waals surface area contributed by atoms with Gasteiger partial charge in [0.1, 0.15) is 0 Å². The van der Waals surface area contributed by atoms with Gasteiger partial charge in [0.15, 0.2) is 0 Å². The first-order valence-corrected chi connectivity index (χ1v) is 7.41. The van der Waals surface area contributed by atoms with Crippen LogP contribution in [-0.4, -0.2) is 12.6 Å². The van der Waals surface area contributed by atoms with Gasteiger partial charge in [0, 0.05) is 21.9 Å². The van der Waals surface area contributed by atoms with Gasteiger partial charge in [0.05, 0.1) is 3.79 Å². The molecule has 0 unspecified atom stereocenters. The van der Waals surface area contributed by atoms with Crippen LogP contribution in [-0.2, 0) is 0 Å². The van der Waals surface area contributed by atoms with E-state index in [-0.39, 0.29) is 0 Å². The summed E-state index contributed by atoms with van der Waals surface area (Å²) in [5.41, 5.74) is 1.39. The highest BCUT2D eigenvalue weighted by Gasteiger charge is 2.19. The van der Waals surface area contributed by atoms with Crippen molar-refractivity contribution in [2.45, 2.75) is 25.8 Å². The summed E-state index contributed by atoms with van der Waals surface area (Å²) in [6.07, 6.45) is 4.95. The number of rotatable bonds is 4. The second-order valence-corrected chi connectivity index (χ2v) is 7.17. The van der Waals surface area contributed by atoms with Gasteiger partial charge in [0.2, 0.25) is 0 Å². The second kappa shape index (κ2) is 5.13. The molecule has 82 valence electrons. The minimum absolute atomic E-state index is 0.787. The average Bonchev–Trinajstić information content (AvgIpc) is 2.93. The van der Waals surface area contributed by atoms with Crippen LogP contribution in [0.1, 0.15) is 24.6 Å². The summed E-state index contributed by atoms with van der Waals surface area (Å²) in [4.78, 5) is 1.30. The Bertz CT molecular complexity index is 360. The van der Waals surface area contributed by atoms with Gasteiger partial charge >= 0.3 is 0 Å². The summed E-state index contributed by atoms with van der Waals surface area (Å²) in [5.74, 6) is 0. The third-order valence-corrected chi connectivity index (χ3v) is 5.50. The largest absolute Gasteiger partial charge is 0.310 e. The van der Waals surface area contributed by atoms with Crippen LogP contribution in [0.3, 0.4) is 0 Å². The molecule has 1 N–H and O–H groups in total. The normalized spacial score (nSPS) is 17.1. The molecule has 1 nitrogen and oxygen atoms in total. The fraction of sp³-hybridized carbons (Fsp3) is 0.455. The van der Waals surface area contributed by atoms with Gasteiger partial charge in [-0.25, -0.2) is 0 Å². The third kappa shape index (κ3) is 3.70. The summed E-state index contributed by atoms with van der Waals surface area (Å²) >= 11 is 8.76. The molecule has 1 heterocycles. The molecule has 1 aliphatic carbocycles. The molecule has 0 aromatic carbocycles. The monoisotopic (exact) mass is 349 g/mol. The van der Waals surface area contributed by atoms with Gasteiger partial charge in [-0.05, 0) is 63.8 Å². The maximum Gasteiger partial charge on any atom is 0.0846 e. The Kier molecular flexibility index (Phi) is 4.04. The smallest absolute Gasteiger partial charge is 0.0846 e. The number of nitrogens with one attached hydrogen (secondary N) is 1. The summed E-state index contributed by atoms with van der Waals surface area (Å²) in [6, 6.07) is 2.94. The van der Waals surface area contributed by atoms with Crippen molar-refractivity contribution in [2.75, 3.05) is 6.54 Å². The van der Waals surface area contributed by atoms with E-state index in [1.165, 1.54) is 23.3 Å². The van der Waals surface area contributed by atoms with E-state index in [0.29, 0.717) is 0 Å². The van der Waals surface area contributed by atoms with E-state index in [9.17, 15) is 0 Å². The lowest BCUT2D eigenvalue weighted by atomic mass is 10.2. The Morgan fingerprint density at radius 2 is 2.33 bits per heavy atom. The molecule has 1 saturated carbocycles. The molecule has 4 heteroatoms. The van der Waals surface area contributed by atoms with Gasteiger partial charge < -0.3 is 5.32 Å². The molecule has 0 bridgehead atoms. The number of halogens is 2. The minimum Gasteiger partial charge on any atom is -0.310 e. The molecular formula is C11H13Br2NS. The van der Waals surface area contributed by atoms with Crippen LogP contribution >= 0.6 is 43.2 Å². The Hall–Kier alpha value is 0.360. The van der Waals surface area contributed by atoms with Gasteiger partial charge in [-0.1, -0.05) is 5.57 Å².